The van der Waals surface area contributed by atoms with E-state index in [2.05, 4.69) is 4.72 Å². The molecule has 1 aliphatic heterocycles. The van der Waals surface area contributed by atoms with E-state index < -0.39 is 54.5 Å². The van der Waals surface area contributed by atoms with Crippen LogP contribution < -0.4 is 37.6 Å². The van der Waals surface area contributed by atoms with Gasteiger partial charge in [-0.15, -0.1) is 0 Å². The van der Waals surface area contributed by atoms with E-state index in [1.54, 1.807) is 54.3 Å². The molecular formula is C41H42N4O12S3. The average molecular weight is 879 g/mol. The number of anilines is 2. The number of para-hydroxylation sites is 1. The summed E-state index contributed by atoms with van der Waals surface area (Å²) < 4.78 is 110. The Balaban J connectivity index is 1.43. The van der Waals surface area contributed by atoms with Crippen molar-refractivity contribution in [2.75, 3.05) is 50.7 Å². The molecule has 0 saturated carbocycles. The minimum atomic E-state index is -4.62. The van der Waals surface area contributed by atoms with Crippen molar-refractivity contribution in [3.8, 4) is 23.0 Å². The Hall–Kier alpha value is -6.31. The molecule has 1 unspecified atom stereocenters. The van der Waals surface area contributed by atoms with Crippen LogP contribution in [0, 0.1) is 6.92 Å². The lowest BCUT2D eigenvalue weighted by atomic mass is 10.0. The number of rotatable bonds is 16. The Bertz CT molecular complexity index is 2760. The number of carbonyl (C=O) groups excluding carboxylic acids is 2. The van der Waals surface area contributed by atoms with Gasteiger partial charge in [-0.05, 0) is 97.3 Å². The molecule has 1 atom stereocenters. The summed E-state index contributed by atoms with van der Waals surface area (Å²) in [6.45, 7) is 0.852. The van der Waals surface area contributed by atoms with Gasteiger partial charge in [0.2, 0.25) is 0 Å². The van der Waals surface area contributed by atoms with Crippen LogP contribution in [-0.4, -0.2) is 78.6 Å². The highest BCUT2D eigenvalue weighted by Gasteiger charge is 2.39. The summed E-state index contributed by atoms with van der Waals surface area (Å²) in [6, 6.07) is 25.2. The van der Waals surface area contributed by atoms with Crippen molar-refractivity contribution in [1.82, 2.24) is 9.44 Å². The molecule has 0 bridgehead atoms. The number of hydrogen-bond acceptors (Lipinski definition) is 13. The van der Waals surface area contributed by atoms with Crippen molar-refractivity contribution in [3.63, 3.8) is 0 Å². The molecule has 1 heterocycles. The fraction of sp³-hybridized carbons (Fsp3) is 0.220. The van der Waals surface area contributed by atoms with E-state index in [1.165, 1.54) is 95.2 Å². The van der Waals surface area contributed by atoms with Gasteiger partial charge in [0, 0.05) is 17.8 Å². The standard InChI is InChI=1S/C41H42N4O12S3/c1-27-16-21-38(36(24-27)57-5)59(50,51)43-41(47)40(28-10-8-11-30(25-28)55-3)44-23-22-32-33(44)12-9-13-34(32)45(60(52,53)31-19-17-29(54-2)18-20-31)26-39(46)42-58(48,49)37-15-7-6-14-35(37)56-4/h6-21,24-25,40H,22-23,26H2,1-5H3,(H,42,46)(H,43,47). The first kappa shape index (κ1) is 43.3. The van der Waals surface area contributed by atoms with Crippen molar-refractivity contribution < 1.29 is 53.8 Å². The lowest BCUT2D eigenvalue weighted by Gasteiger charge is -2.31. The second-order valence-corrected chi connectivity index (χ2v) is 18.6. The molecule has 0 aliphatic carbocycles. The van der Waals surface area contributed by atoms with Gasteiger partial charge >= 0.3 is 0 Å². The minimum absolute atomic E-state index is 0.0115. The Morgan fingerprint density at radius 3 is 2.02 bits per heavy atom. The first-order valence-corrected chi connectivity index (χ1v) is 22.5. The Labute approximate surface area is 348 Å². The van der Waals surface area contributed by atoms with Gasteiger partial charge in [-0.2, -0.15) is 0 Å². The number of fused-ring (bicyclic) bond motifs is 1. The Morgan fingerprint density at radius 1 is 0.683 bits per heavy atom. The SMILES string of the molecule is COc1ccc(S(=O)(=O)N(CC(=O)NS(=O)(=O)c2ccccc2OC)c2cccc3c2CCN3C(C(=O)NS(=O)(=O)c2ccc(C)cc2OC)c2cccc(OC)c2)cc1. The van der Waals surface area contributed by atoms with Gasteiger partial charge in [-0.25, -0.2) is 34.7 Å². The molecule has 19 heteroatoms. The normalized spacial score (nSPS) is 13.1. The third-order valence-corrected chi connectivity index (χ3v) is 14.2. The summed E-state index contributed by atoms with van der Waals surface area (Å²) >= 11 is 0. The number of nitrogens with one attached hydrogen (secondary N) is 2. The summed E-state index contributed by atoms with van der Waals surface area (Å²) in [5, 5.41) is 0. The molecule has 1 aliphatic rings. The molecule has 0 saturated heterocycles. The summed E-state index contributed by atoms with van der Waals surface area (Å²) in [5.74, 6) is -1.39. The number of nitrogens with zero attached hydrogens (tertiary/aromatic N) is 2. The van der Waals surface area contributed by atoms with Gasteiger partial charge in [-0.1, -0.05) is 36.4 Å². The predicted molar refractivity (Wildman–Crippen MR) is 222 cm³/mol. The maximum absolute atomic E-state index is 14.6. The lowest BCUT2D eigenvalue weighted by Crippen LogP contribution is -2.43. The molecule has 5 aromatic rings. The van der Waals surface area contributed by atoms with E-state index in [0.717, 1.165) is 9.87 Å². The lowest BCUT2D eigenvalue weighted by molar-refractivity contribution is -0.121. The number of ether oxygens (including phenoxy) is 4. The van der Waals surface area contributed by atoms with Crippen LogP contribution in [0.5, 0.6) is 23.0 Å². The van der Waals surface area contributed by atoms with Gasteiger partial charge in [0.25, 0.3) is 41.9 Å². The summed E-state index contributed by atoms with van der Waals surface area (Å²) in [7, 11) is -8.24. The zero-order valence-corrected chi connectivity index (χ0v) is 35.6. The summed E-state index contributed by atoms with van der Waals surface area (Å²) in [5.41, 5.74) is 1.81. The molecule has 0 spiro atoms. The second kappa shape index (κ2) is 17.5. The van der Waals surface area contributed by atoms with Crippen LogP contribution in [0.25, 0.3) is 0 Å². The van der Waals surface area contributed by atoms with E-state index in [0.29, 0.717) is 28.3 Å². The van der Waals surface area contributed by atoms with Crippen LogP contribution in [0.15, 0.2) is 124 Å². The highest BCUT2D eigenvalue weighted by atomic mass is 32.2. The van der Waals surface area contributed by atoms with Crippen molar-refractivity contribution >= 4 is 53.3 Å². The van der Waals surface area contributed by atoms with Gasteiger partial charge < -0.3 is 23.8 Å². The Morgan fingerprint density at radius 2 is 1.33 bits per heavy atom. The number of methoxy groups -OCH3 is 4. The molecule has 6 rings (SSSR count). The highest BCUT2D eigenvalue weighted by Crippen LogP contribution is 2.42. The van der Waals surface area contributed by atoms with Crippen LogP contribution >= 0.6 is 0 Å². The molecule has 0 fully saturated rings. The molecule has 2 amide bonds. The summed E-state index contributed by atoms with van der Waals surface area (Å²) in [6.07, 6.45) is 0.119. The van der Waals surface area contributed by atoms with E-state index in [1.807, 2.05) is 4.72 Å². The molecule has 316 valence electrons. The molecule has 0 aromatic heterocycles. The van der Waals surface area contributed by atoms with E-state index in [-0.39, 0.29) is 44.8 Å². The van der Waals surface area contributed by atoms with Crippen molar-refractivity contribution in [1.29, 1.82) is 0 Å². The second-order valence-electron chi connectivity index (χ2n) is 13.4. The summed E-state index contributed by atoms with van der Waals surface area (Å²) in [4.78, 5) is 28.9. The van der Waals surface area contributed by atoms with Crippen LogP contribution in [0.4, 0.5) is 11.4 Å². The number of hydrogen-bond donors (Lipinski definition) is 2. The third kappa shape index (κ3) is 8.82. The van der Waals surface area contributed by atoms with Crippen molar-refractivity contribution in [2.45, 2.75) is 34.1 Å². The monoisotopic (exact) mass is 878 g/mol. The quantitative estimate of drug-likeness (QED) is 0.142. The Kier molecular flexibility index (Phi) is 12.6. The molecule has 5 aromatic carbocycles. The number of benzene rings is 5. The van der Waals surface area contributed by atoms with Gasteiger partial charge in [0.15, 0.2) is 0 Å². The fourth-order valence-electron chi connectivity index (χ4n) is 6.85. The van der Waals surface area contributed by atoms with Crippen molar-refractivity contribution in [2.24, 2.45) is 0 Å². The van der Waals surface area contributed by atoms with E-state index in [4.69, 9.17) is 18.9 Å². The van der Waals surface area contributed by atoms with Crippen molar-refractivity contribution in [3.05, 3.63) is 126 Å². The fourth-order valence-corrected chi connectivity index (χ4v) is 10.6. The smallest absolute Gasteiger partial charge is 0.267 e. The molecule has 60 heavy (non-hydrogen) atoms. The molecular weight excluding hydrogens is 837 g/mol. The van der Waals surface area contributed by atoms with Crippen LogP contribution in [0.1, 0.15) is 22.7 Å². The van der Waals surface area contributed by atoms with Gasteiger partial charge in [0.1, 0.15) is 45.4 Å². The average Bonchev–Trinajstić information content (AvgIpc) is 3.66. The number of aryl methyl sites for hydroxylation is 1. The zero-order valence-electron chi connectivity index (χ0n) is 33.1. The molecule has 0 radical (unpaired) electrons. The predicted octanol–water partition coefficient (Wildman–Crippen LogP) is 4.34. The van der Waals surface area contributed by atoms with E-state index in [9.17, 15) is 34.8 Å². The van der Waals surface area contributed by atoms with Gasteiger partial charge in [0.05, 0.1) is 39.0 Å². The van der Waals surface area contributed by atoms with Crippen LogP contribution in [0.2, 0.25) is 0 Å². The maximum atomic E-state index is 14.6. The van der Waals surface area contributed by atoms with Crippen LogP contribution in [-0.2, 0) is 46.1 Å². The van der Waals surface area contributed by atoms with Crippen LogP contribution in [0.3, 0.4) is 0 Å². The van der Waals surface area contributed by atoms with Gasteiger partial charge in [-0.3, -0.25) is 13.9 Å². The first-order chi connectivity index (χ1) is 28.5. The number of sulfonamides is 3. The minimum Gasteiger partial charge on any atom is -0.497 e. The zero-order chi connectivity index (χ0) is 43.4. The highest BCUT2D eigenvalue weighted by molar-refractivity contribution is 7.93. The number of amides is 2. The third-order valence-electron chi connectivity index (χ3n) is 9.66. The van der Waals surface area contributed by atoms with E-state index >= 15 is 0 Å². The molecule has 2 N–H and O–H groups in total. The topological polar surface area (TPSA) is 204 Å². The number of carbonyl (C=O) groups is 2. The first-order valence-electron chi connectivity index (χ1n) is 18.1. The largest absolute Gasteiger partial charge is 0.497 e. The molecule has 16 nitrogen and oxygen atoms in total. The maximum Gasteiger partial charge on any atom is 0.267 e.